The first-order chi connectivity index (χ1) is 6.74. The first-order valence-corrected chi connectivity index (χ1v) is 4.54. The van der Waals surface area contributed by atoms with E-state index in [4.69, 9.17) is 9.15 Å². The van der Waals surface area contributed by atoms with Crippen molar-refractivity contribution in [2.45, 2.75) is 19.8 Å². The van der Waals surface area contributed by atoms with Crippen LogP contribution in [0.15, 0.2) is 10.7 Å². The molecular formula is C10H10O4. The maximum atomic E-state index is 11.4. The largest absolute Gasteiger partial charge is 0.468 e. The molecule has 1 aromatic rings. The quantitative estimate of drug-likeness (QED) is 0.671. The van der Waals surface area contributed by atoms with Gasteiger partial charge in [-0.25, -0.2) is 4.79 Å². The molecular weight excluding hydrogens is 184 g/mol. The summed E-state index contributed by atoms with van der Waals surface area (Å²) in [5.74, 6) is 0.0996. The van der Waals surface area contributed by atoms with Gasteiger partial charge in [0.1, 0.15) is 17.6 Å². The highest BCUT2D eigenvalue weighted by molar-refractivity contribution is 6.08. The highest BCUT2D eigenvalue weighted by Crippen LogP contribution is 2.27. The van der Waals surface area contributed by atoms with Gasteiger partial charge in [-0.2, -0.15) is 0 Å². The Kier molecular flexibility index (Phi) is 2.11. The molecule has 2 rings (SSSR count). The topological polar surface area (TPSA) is 56.5 Å². The fraction of sp³-hybridized carbons (Fsp3) is 0.400. The molecule has 14 heavy (non-hydrogen) atoms. The Morgan fingerprint density at radius 2 is 2.36 bits per heavy atom. The number of carbonyl (C=O) groups is 2. The molecule has 4 nitrogen and oxygen atoms in total. The minimum Gasteiger partial charge on any atom is -0.468 e. The molecule has 74 valence electrons. The lowest BCUT2D eigenvalue weighted by atomic mass is 10.1. The van der Waals surface area contributed by atoms with Crippen LogP contribution in [0.5, 0.6) is 0 Å². The van der Waals surface area contributed by atoms with E-state index in [1.54, 1.807) is 6.92 Å². The maximum absolute atomic E-state index is 11.4. The molecule has 1 aliphatic carbocycles. The lowest BCUT2D eigenvalue weighted by molar-refractivity contribution is 0.0522. The number of furan rings is 1. The van der Waals surface area contributed by atoms with Crippen LogP contribution in [0.1, 0.15) is 39.8 Å². The van der Waals surface area contributed by atoms with Crippen molar-refractivity contribution < 1.29 is 18.7 Å². The second-order valence-corrected chi connectivity index (χ2v) is 3.09. The van der Waals surface area contributed by atoms with Gasteiger partial charge in [-0.15, -0.1) is 0 Å². The Labute approximate surface area is 80.8 Å². The van der Waals surface area contributed by atoms with Crippen LogP contribution in [-0.2, 0) is 11.2 Å². The molecule has 0 N–H and O–H groups in total. The van der Waals surface area contributed by atoms with Gasteiger partial charge in [-0.3, -0.25) is 4.79 Å². The predicted molar refractivity (Wildman–Crippen MR) is 47.3 cm³/mol. The van der Waals surface area contributed by atoms with Crippen molar-refractivity contribution in [3.8, 4) is 0 Å². The van der Waals surface area contributed by atoms with Crippen LogP contribution in [0, 0.1) is 0 Å². The molecule has 0 saturated carbocycles. The third kappa shape index (κ3) is 1.23. The van der Waals surface area contributed by atoms with Gasteiger partial charge < -0.3 is 9.15 Å². The smallest absolute Gasteiger partial charge is 0.342 e. The molecule has 0 unspecified atom stereocenters. The van der Waals surface area contributed by atoms with E-state index in [-0.39, 0.29) is 11.3 Å². The molecule has 0 spiro atoms. The number of Topliss-reactive ketones (excluding diaryl/α,β-unsaturated/α-hetero) is 1. The number of fused-ring (bicyclic) bond motifs is 1. The number of hydrogen-bond donors (Lipinski definition) is 0. The summed E-state index contributed by atoms with van der Waals surface area (Å²) in [4.78, 5) is 22.8. The van der Waals surface area contributed by atoms with E-state index >= 15 is 0 Å². The second-order valence-electron chi connectivity index (χ2n) is 3.09. The average molecular weight is 194 g/mol. The fourth-order valence-electron chi connectivity index (χ4n) is 1.60. The summed E-state index contributed by atoms with van der Waals surface area (Å²) in [6.07, 6.45) is 2.33. The minimum atomic E-state index is -0.479. The zero-order chi connectivity index (χ0) is 10.1. The van der Waals surface area contributed by atoms with E-state index in [1.807, 2.05) is 0 Å². The number of carbonyl (C=O) groups excluding carboxylic acids is 2. The SMILES string of the molecule is CCOC(=O)c1coc2c1C(=O)CC2. The first-order valence-electron chi connectivity index (χ1n) is 4.54. The summed E-state index contributed by atoms with van der Waals surface area (Å²) in [5.41, 5.74) is 0.688. The summed E-state index contributed by atoms with van der Waals surface area (Å²) in [6, 6.07) is 0. The van der Waals surface area contributed by atoms with E-state index in [1.165, 1.54) is 6.26 Å². The molecule has 0 bridgehead atoms. The zero-order valence-electron chi connectivity index (χ0n) is 7.83. The highest BCUT2D eigenvalue weighted by Gasteiger charge is 2.30. The van der Waals surface area contributed by atoms with Crippen molar-refractivity contribution in [1.29, 1.82) is 0 Å². The molecule has 4 heteroatoms. The molecule has 0 fully saturated rings. The van der Waals surface area contributed by atoms with Crippen molar-refractivity contribution in [2.24, 2.45) is 0 Å². The number of hydrogen-bond acceptors (Lipinski definition) is 4. The molecule has 0 aromatic carbocycles. The lowest BCUT2D eigenvalue weighted by Crippen LogP contribution is -2.07. The van der Waals surface area contributed by atoms with Gasteiger partial charge in [-0.1, -0.05) is 0 Å². The van der Waals surface area contributed by atoms with Gasteiger partial charge in [-0.05, 0) is 6.92 Å². The molecule has 1 heterocycles. The zero-order valence-corrected chi connectivity index (χ0v) is 7.83. The van der Waals surface area contributed by atoms with Gasteiger partial charge >= 0.3 is 5.97 Å². The van der Waals surface area contributed by atoms with Crippen molar-refractivity contribution >= 4 is 11.8 Å². The van der Waals surface area contributed by atoms with Crippen molar-refractivity contribution in [1.82, 2.24) is 0 Å². The van der Waals surface area contributed by atoms with Crippen molar-refractivity contribution in [3.05, 3.63) is 23.2 Å². The number of ketones is 1. The lowest BCUT2D eigenvalue weighted by Gasteiger charge is -1.98. The van der Waals surface area contributed by atoms with Gasteiger partial charge in [0, 0.05) is 12.8 Å². The second kappa shape index (κ2) is 3.29. The summed E-state index contributed by atoms with van der Waals surface area (Å²) < 4.78 is 9.93. The van der Waals surface area contributed by atoms with Gasteiger partial charge in [0.15, 0.2) is 5.78 Å². The molecule has 0 aliphatic heterocycles. The maximum Gasteiger partial charge on any atom is 0.342 e. The number of esters is 1. The minimum absolute atomic E-state index is 0.0307. The van der Waals surface area contributed by atoms with Crippen LogP contribution in [0.25, 0.3) is 0 Å². The Morgan fingerprint density at radius 3 is 3.07 bits per heavy atom. The van der Waals surface area contributed by atoms with Crippen LogP contribution < -0.4 is 0 Å². The summed E-state index contributed by atoms with van der Waals surface area (Å²) >= 11 is 0. The third-order valence-electron chi connectivity index (χ3n) is 2.22. The molecule has 0 saturated heterocycles. The number of aryl methyl sites for hydroxylation is 1. The normalized spacial score (nSPS) is 14.2. The Morgan fingerprint density at radius 1 is 1.57 bits per heavy atom. The average Bonchev–Trinajstić information content (AvgIpc) is 2.70. The summed E-state index contributed by atoms with van der Waals surface area (Å²) in [7, 11) is 0. The molecule has 0 radical (unpaired) electrons. The standard InChI is InChI=1S/C10H10O4/c1-2-13-10(12)6-5-14-8-4-3-7(11)9(6)8/h5H,2-4H2,1H3. The van der Waals surface area contributed by atoms with Crippen molar-refractivity contribution in [3.63, 3.8) is 0 Å². The Hall–Kier alpha value is -1.58. The van der Waals surface area contributed by atoms with Crippen LogP contribution in [0.2, 0.25) is 0 Å². The van der Waals surface area contributed by atoms with Gasteiger partial charge in [0.05, 0.1) is 12.2 Å². The van der Waals surface area contributed by atoms with E-state index < -0.39 is 5.97 Å². The Balaban J connectivity index is 2.36. The highest BCUT2D eigenvalue weighted by atomic mass is 16.5. The van der Waals surface area contributed by atoms with Crippen LogP contribution >= 0.6 is 0 Å². The molecule has 1 aromatic heterocycles. The van der Waals surface area contributed by atoms with E-state index in [9.17, 15) is 9.59 Å². The number of ether oxygens (including phenoxy) is 1. The van der Waals surface area contributed by atoms with E-state index in [0.29, 0.717) is 30.8 Å². The van der Waals surface area contributed by atoms with Gasteiger partial charge in [0.25, 0.3) is 0 Å². The summed E-state index contributed by atoms with van der Waals surface area (Å²) in [5, 5.41) is 0. The Bertz CT molecular complexity index is 389. The van der Waals surface area contributed by atoms with Gasteiger partial charge in [0.2, 0.25) is 0 Å². The van der Waals surface area contributed by atoms with Crippen molar-refractivity contribution in [2.75, 3.05) is 6.61 Å². The first kappa shape index (κ1) is 8.99. The van der Waals surface area contributed by atoms with E-state index in [0.717, 1.165) is 0 Å². The fourth-order valence-corrected chi connectivity index (χ4v) is 1.60. The monoisotopic (exact) mass is 194 g/mol. The third-order valence-corrected chi connectivity index (χ3v) is 2.22. The van der Waals surface area contributed by atoms with Crippen LogP contribution in [0.4, 0.5) is 0 Å². The van der Waals surface area contributed by atoms with Crippen LogP contribution in [-0.4, -0.2) is 18.4 Å². The molecule has 0 amide bonds. The predicted octanol–water partition coefficient (Wildman–Crippen LogP) is 1.59. The number of rotatable bonds is 2. The van der Waals surface area contributed by atoms with Crippen LogP contribution in [0.3, 0.4) is 0 Å². The molecule has 1 aliphatic rings. The summed E-state index contributed by atoms with van der Waals surface area (Å²) in [6.45, 7) is 2.02. The van der Waals surface area contributed by atoms with E-state index in [2.05, 4.69) is 0 Å². The molecule has 0 atom stereocenters.